The molecule has 3 nitrogen and oxygen atoms in total. The average molecular weight is 230 g/mol. The number of hydrogen-bond donors (Lipinski definition) is 1. The van der Waals surface area contributed by atoms with E-state index >= 15 is 0 Å². The van der Waals surface area contributed by atoms with Gasteiger partial charge in [-0.1, -0.05) is 30.4 Å². The Morgan fingerprint density at radius 3 is 2.56 bits per heavy atom. The summed E-state index contributed by atoms with van der Waals surface area (Å²) in [6.07, 6.45) is 1.68. The fraction of sp³-hybridized carbons (Fsp3) is 0.167. The van der Waals surface area contributed by atoms with Crippen molar-refractivity contribution in [2.75, 3.05) is 0 Å². The highest BCUT2D eigenvalue weighted by Crippen LogP contribution is 2.31. The number of aromatic hydroxyl groups is 1. The third kappa shape index (κ3) is 2.05. The smallest absolute Gasteiger partial charge is 0.270 e. The first kappa shape index (κ1) is 10.7. The second-order valence-electron chi connectivity index (χ2n) is 3.50. The molecule has 0 amide bonds. The molecule has 0 saturated carbocycles. The molecule has 1 aromatic heterocycles. The molecule has 1 unspecified atom stereocenters. The summed E-state index contributed by atoms with van der Waals surface area (Å²) in [6.45, 7) is 2.05. The third-order valence-electron chi connectivity index (χ3n) is 2.48. The zero-order chi connectivity index (χ0) is 11.5. The van der Waals surface area contributed by atoms with Crippen molar-refractivity contribution in [1.82, 2.24) is 4.98 Å². The summed E-state index contributed by atoms with van der Waals surface area (Å²) in [7, 11) is 0. The predicted molar refractivity (Wildman–Crippen MR) is 62.5 cm³/mol. The van der Waals surface area contributed by atoms with Crippen molar-refractivity contribution in [3.8, 4) is 11.3 Å². The predicted octanol–water partition coefficient (Wildman–Crippen LogP) is 2.87. The Labute approximate surface area is 97.6 Å². The summed E-state index contributed by atoms with van der Waals surface area (Å²) in [5, 5.41) is 18.0. The van der Waals surface area contributed by atoms with Gasteiger partial charge in [0.1, 0.15) is 0 Å². The Bertz CT molecular complexity index is 525. The number of nitriles is 1. The largest absolute Gasteiger partial charge is 0.486 e. The maximum atomic E-state index is 9.20. The van der Waals surface area contributed by atoms with Gasteiger partial charge in [-0.15, -0.1) is 0 Å². The van der Waals surface area contributed by atoms with Crippen LogP contribution < -0.4 is 0 Å². The molecule has 1 heterocycles. The molecule has 2 aromatic rings. The normalized spacial score (nSPS) is 12.0. The number of thiazole rings is 1. The van der Waals surface area contributed by atoms with Crippen LogP contribution in [0.3, 0.4) is 0 Å². The van der Waals surface area contributed by atoms with Crippen LogP contribution in [0.25, 0.3) is 0 Å². The van der Waals surface area contributed by atoms with Gasteiger partial charge in [0.2, 0.25) is 0 Å². The average Bonchev–Trinajstić information content (AvgIpc) is 2.75. The van der Waals surface area contributed by atoms with E-state index < -0.39 is 0 Å². The van der Waals surface area contributed by atoms with Gasteiger partial charge in [-0.05, 0) is 17.7 Å². The van der Waals surface area contributed by atoms with E-state index in [4.69, 9.17) is 5.26 Å². The standard InChI is InChI=1S/C12H10N2OS/c1-8(11-7-14-12(15)16-11)10-4-2-9(6-13)3-5-10/h2-5,7-8H,1H3,(H,14,15). The molecule has 80 valence electrons. The first-order valence-corrected chi connectivity index (χ1v) is 5.67. The van der Waals surface area contributed by atoms with E-state index in [0.717, 1.165) is 10.4 Å². The summed E-state index contributed by atoms with van der Waals surface area (Å²) >= 11 is 1.28. The van der Waals surface area contributed by atoms with Gasteiger partial charge in [-0.25, -0.2) is 4.98 Å². The molecule has 0 aliphatic carbocycles. The number of aromatic nitrogens is 1. The van der Waals surface area contributed by atoms with Gasteiger partial charge in [0, 0.05) is 17.0 Å². The number of nitrogens with zero attached hydrogens (tertiary/aromatic N) is 2. The van der Waals surface area contributed by atoms with Gasteiger partial charge >= 0.3 is 0 Å². The number of hydrogen-bond acceptors (Lipinski definition) is 4. The fourth-order valence-corrected chi connectivity index (χ4v) is 2.22. The lowest BCUT2D eigenvalue weighted by Crippen LogP contribution is -1.92. The zero-order valence-corrected chi connectivity index (χ0v) is 9.53. The third-order valence-corrected chi connectivity index (χ3v) is 3.46. The maximum Gasteiger partial charge on any atom is 0.270 e. The van der Waals surface area contributed by atoms with Crippen LogP contribution in [-0.4, -0.2) is 10.1 Å². The monoisotopic (exact) mass is 230 g/mol. The molecule has 0 spiro atoms. The second kappa shape index (κ2) is 4.33. The maximum absolute atomic E-state index is 9.20. The van der Waals surface area contributed by atoms with E-state index in [-0.39, 0.29) is 11.1 Å². The van der Waals surface area contributed by atoms with Crippen LogP contribution in [0, 0.1) is 11.3 Å². The summed E-state index contributed by atoms with van der Waals surface area (Å²) < 4.78 is 0. The van der Waals surface area contributed by atoms with Gasteiger partial charge in [0.05, 0.1) is 11.6 Å². The van der Waals surface area contributed by atoms with Crippen molar-refractivity contribution in [1.29, 1.82) is 5.26 Å². The van der Waals surface area contributed by atoms with Crippen molar-refractivity contribution in [3.05, 3.63) is 46.5 Å². The van der Waals surface area contributed by atoms with E-state index in [9.17, 15) is 5.11 Å². The van der Waals surface area contributed by atoms with Gasteiger partial charge in [-0.2, -0.15) is 5.26 Å². The molecule has 0 bridgehead atoms. The molecular weight excluding hydrogens is 220 g/mol. The van der Waals surface area contributed by atoms with Crippen molar-refractivity contribution in [2.24, 2.45) is 0 Å². The molecule has 0 saturated heterocycles. The minimum absolute atomic E-state index is 0.0931. The van der Waals surface area contributed by atoms with Crippen LogP contribution in [0.5, 0.6) is 5.19 Å². The fourth-order valence-electron chi connectivity index (χ4n) is 1.49. The number of benzene rings is 1. The molecular formula is C12H10N2OS. The Hall–Kier alpha value is -1.86. The van der Waals surface area contributed by atoms with Crippen LogP contribution in [0.15, 0.2) is 30.5 Å². The van der Waals surface area contributed by atoms with Crippen LogP contribution in [0.2, 0.25) is 0 Å². The van der Waals surface area contributed by atoms with Gasteiger partial charge in [-0.3, -0.25) is 0 Å². The van der Waals surface area contributed by atoms with Crippen molar-refractivity contribution in [2.45, 2.75) is 12.8 Å². The highest BCUT2D eigenvalue weighted by molar-refractivity contribution is 7.13. The minimum atomic E-state index is 0.0931. The highest BCUT2D eigenvalue weighted by Gasteiger charge is 2.11. The van der Waals surface area contributed by atoms with Crippen LogP contribution in [0.4, 0.5) is 0 Å². The quantitative estimate of drug-likeness (QED) is 0.863. The van der Waals surface area contributed by atoms with Gasteiger partial charge in [0.15, 0.2) is 0 Å². The van der Waals surface area contributed by atoms with Crippen molar-refractivity contribution < 1.29 is 5.11 Å². The lowest BCUT2D eigenvalue weighted by molar-refractivity contribution is 0.471. The zero-order valence-electron chi connectivity index (χ0n) is 8.71. The molecule has 16 heavy (non-hydrogen) atoms. The Morgan fingerprint density at radius 1 is 1.38 bits per heavy atom. The SMILES string of the molecule is CC(c1ccc(C#N)cc1)c1cnc(O)s1. The molecule has 2 rings (SSSR count). The highest BCUT2D eigenvalue weighted by atomic mass is 32.1. The van der Waals surface area contributed by atoms with Crippen LogP contribution in [0.1, 0.15) is 28.8 Å². The Kier molecular flexibility index (Phi) is 2.88. The molecule has 0 aliphatic heterocycles. The molecule has 4 heteroatoms. The van der Waals surface area contributed by atoms with E-state index in [0.29, 0.717) is 5.56 Å². The lowest BCUT2D eigenvalue weighted by Gasteiger charge is -2.08. The first-order chi connectivity index (χ1) is 7.70. The molecule has 1 N–H and O–H groups in total. The topological polar surface area (TPSA) is 56.9 Å². The minimum Gasteiger partial charge on any atom is -0.486 e. The first-order valence-electron chi connectivity index (χ1n) is 4.85. The molecule has 1 atom stereocenters. The summed E-state index contributed by atoms with van der Waals surface area (Å²) in [5.41, 5.74) is 1.77. The van der Waals surface area contributed by atoms with Gasteiger partial charge in [0.25, 0.3) is 5.19 Å². The molecule has 1 aromatic carbocycles. The van der Waals surface area contributed by atoms with Crippen molar-refractivity contribution >= 4 is 11.3 Å². The molecule has 0 radical (unpaired) electrons. The second-order valence-corrected chi connectivity index (χ2v) is 4.54. The van der Waals surface area contributed by atoms with Crippen molar-refractivity contribution in [3.63, 3.8) is 0 Å². The lowest BCUT2D eigenvalue weighted by atomic mass is 9.99. The van der Waals surface area contributed by atoms with E-state index in [1.807, 2.05) is 19.1 Å². The number of rotatable bonds is 2. The van der Waals surface area contributed by atoms with E-state index in [1.165, 1.54) is 11.3 Å². The van der Waals surface area contributed by atoms with Gasteiger partial charge < -0.3 is 5.11 Å². The summed E-state index contributed by atoms with van der Waals surface area (Å²) in [6, 6.07) is 9.55. The molecule has 0 fully saturated rings. The Balaban J connectivity index is 2.27. The summed E-state index contributed by atoms with van der Waals surface area (Å²) in [4.78, 5) is 4.83. The van der Waals surface area contributed by atoms with E-state index in [1.54, 1.807) is 18.3 Å². The Morgan fingerprint density at radius 2 is 2.06 bits per heavy atom. The van der Waals surface area contributed by atoms with E-state index in [2.05, 4.69) is 11.1 Å². The summed E-state index contributed by atoms with van der Waals surface area (Å²) in [5.74, 6) is 0.186. The molecule has 0 aliphatic rings. The van der Waals surface area contributed by atoms with Crippen LogP contribution >= 0.6 is 11.3 Å². The van der Waals surface area contributed by atoms with Crippen LogP contribution in [-0.2, 0) is 0 Å².